The van der Waals surface area contributed by atoms with Gasteiger partial charge in [0.25, 0.3) is 5.91 Å². The van der Waals surface area contributed by atoms with Gasteiger partial charge in [0.1, 0.15) is 5.75 Å². The molecule has 27 heavy (non-hydrogen) atoms. The number of benzene rings is 1. The largest absolute Gasteiger partial charge is 0.484 e. The van der Waals surface area contributed by atoms with E-state index >= 15 is 0 Å². The minimum absolute atomic E-state index is 0.0112. The highest BCUT2D eigenvalue weighted by atomic mass is 35.5. The van der Waals surface area contributed by atoms with E-state index in [1.807, 2.05) is 16.7 Å². The second-order valence-electron chi connectivity index (χ2n) is 7.56. The summed E-state index contributed by atoms with van der Waals surface area (Å²) in [5.74, 6) is 2.23. The van der Waals surface area contributed by atoms with E-state index in [0.717, 1.165) is 25.1 Å². The first-order chi connectivity index (χ1) is 12.9. The Bertz CT molecular complexity index is 672. The van der Waals surface area contributed by atoms with Gasteiger partial charge in [-0.1, -0.05) is 25.4 Å². The van der Waals surface area contributed by atoms with Crippen molar-refractivity contribution in [3.63, 3.8) is 0 Å². The first-order valence-corrected chi connectivity index (χ1v) is 10.9. The molecule has 0 unspecified atom stereocenters. The van der Waals surface area contributed by atoms with E-state index in [9.17, 15) is 9.59 Å². The van der Waals surface area contributed by atoms with Crippen LogP contribution < -0.4 is 4.74 Å². The number of hydrogen-bond acceptors (Lipinski definition) is 4. The van der Waals surface area contributed by atoms with Crippen molar-refractivity contribution in [2.75, 3.05) is 32.0 Å². The number of rotatable bonds is 5. The number of likely N-dealkylation sites (tertiary alicyclic amines) is 1. The van der Waals surface area contributed by atoms with Gasteiger partial charge in [0, 0.05) is 36.8 Å². The third-order valence-electron chi connectivity index (χ3n) is 5.13. The molecule has 1 aromatic carbocycles. The summed E-state index contributed by atoms with van der Waals surface area (Å²) < 4.78 is 5.58. The number of halogens is 1. The monoisotopic (exact) mass is 410 g/mol. The van der Waals surface area contributed by atoms with Gasteiger partial charge >= 0.3 is 0 Å². The van der Waals surface area contributed by atoms with Gasteiger partial charge in [-0.15, -0.1) is 11.8 Å². The van der Waals surface area contributed by atoms with Crippen LogP contribution >= 0.6 is 23.4 Å². The molecule has 0 aromatic heterocycles. The summed E-state index contributed by atoms with van der Waals surface area (Å²) >= 11 is 7.73. The Morgan fingerprint density at radius 3 is 2.44 bits per heavy atom. The van der Waals surface area contributed by atoms with Gasteiger partial charge in [0.05, 0.1) is 4.87 Å². The number of nitrogens with zero attached hydrogens (tertiary/aromatic N) is 2. The molecule has 0 radical (unpaired) electrons. The van der Waals surface area contributed by atoms with Crippen LogP contribution in [-0.2, 0) is 9.59 Å². The summed E-state index contributed by atoms with van der Waals surface area (Å²) in [6, 6.07) is 7.00. The summed E-state index contributed by atoms with van der Waals surface area (Å²) in [5.41, 5.74) is 0. The van der Waals surface area contributed by atoms with Crippen LogP contribution in [0.25, 0.3) is 0 Å². The SMILES string of the molecule is CC(C)CC(=O)N1CCSC12CCN(C(=O)COc1ccc(Cl)cc1)CC2. The normalized spacial score (nSPS) is 19.0. The Labute approximate surface area is 170 Å². The maximum Gasteiger partial charge on any atom is 0.260 e. The highest BCUT2D eigenvalue weighted by Gasteiger charge is 2.46. The maximum atomic E-state index is 12.6. The third-order valence-corrected chi connectivity index (χ3v) is 6.94. The number of ether oxygens (including phenoxy) is 1. The fraction of sp³-hybridized carbons (Fsp3) is 0.600. The average Bonchev–Trinajstić information content (AvgIpc) is 3.04. The summed E-state index contributed by atoms with van der Waals surface area (Å²) in [4.78, 5) is 28.9. The van der Waals surface area contributed by atoms with Crippen molar-refractivity contribution in [2.24, 2.45) is 5.92 Å². The van der Waals surface area contributed by atoms with Crippen molar-refractivity contribution in [1.29, 1.82) is 0 Å². The van der Waals surface area contributed by atoms with E-state index in [0.29, 0.717) is 36.2 Å². The molecule has 2 aliphatic rings. The summed E-state index contributed by atoms with van der Waals surface area (Å²) in [5, 5.41) is 0.639. The molecule has 1 spiro atoms. The predicted molar refractivity (Wildman–Crippen MR) is 109 cm³/mol. The molecule has 1 aromatic rings. The molecule has 2 fully saturated rings. The maximum absolute atomic E-state index is 12.6. The molecule has 0 N–H and O–H groups in total. The topological polar surface area (TPSA) is 49.9 Å². The molecule has 0 aliphatic carbocycles. The zero-order chi connectivity index (χ0) is 19.4. The average molecular weight is 411 g/mol. The molecule has 2 saturated heterocycles. The number of carbonyl (C=O) groups excluding carboxylic acids is 2. The molecule has 7 heteroatoms. The van der Waals surface area contributed by atoms with E-state index < -0.39 is 0 Å². The van der Waals surface area contributed by atoms with Crippen LogP contribution in [0.1, 0.15) is 33.1 Å². The molecule has 148 valence electrons. The number of thioether (sulfide) groups is 1. The van der Waals surface area contributed by atoms with E-state index in [4.69, 9.17) is 16.3 Å². The van der Waals surface area contributed by atoms with Crippen LogP contribution in [0, 0.1) is 5.92 Å². The number of piperidine rings is 1. The zero-order valence-electron chi connectivity index (χ0n) is 15.9. The van der Waals surface area contributed by atoms with Crippen molar-refractivity contribution < 1.29 is 14.3 Å². The third kappa shape index (κ3) is 4.91. The van der Waals surface area contributed by atoms with Gasteiger partial charge in [-0.25, -0.2) is 0 Å². The van der Waals surface area contributed by atoms with Gasteiger partial charge in [0.2, 0.25) is 5.91 Å². The smallest absolute Gasteiger partial charge is 0.260 e. The first kappa shape index (κ1) is 20.3. The van der Waals surface area contributed by atoms with Gasteiger partial charge in [-0.05, 0) is 43.0 Å². The molecule has 0 saturated carbocycles. The highest BCUT2D eigenvalue weighted by molar-refractivity contribution is 8.00. The van der Waals surface area contributed by atoms with Gasteiger partial charge < -0.3 is 14.5 Å². The van der Waals surface area contributed by atoms with Crippen molar-refractivity contribution in [3.05, 3.63) is 29.3 Å². The highest BCUT2D eigenvalue weighted by Crippen LogP contribution is 2.44. The van der Waals surface area contributed by atoms with Crippen molar-refractivity contribution in [1.82, 2.24) is 9.80 Å². The zero-order valence-corrected chi connectivity index (χ0v) is 17.5. The molecular formula is C20H27ClN2O3S. The Kier molecular flexibility index (Phi) is 6.58. The molecule has 0 bridgehead atoms. The second kappa shape index (κ2) is 8.74. The van der Waals surface area contributed by atoms with Gasteiger partial charge in [-0.3, -0.25) is 9.59 Å². The minimum atomic E-state index is -0.125. The lowest BCUT2D eigenvalue weighted by Gasteiger charge is -2.44. The Hall–Kier alpha value is -1.40. The van der Waals surface area contributed by atoms with Crippen LogP contribution in [0.5, 0.6) is 5.75 Å². The van der Waals surface area contributed by atoms with Crippen LogP contribution in [-0.4, -0.2) is 58.5 Å². The van der Waals surface area contributed by atoms with Crippen molar-refractivity contribution in [2.45, 2.75) is 38.0 Å². The van der Waals surface area contributed by atoms with Crippen LogP contribution in [0.15, 0.2) is 24.3 Å². The number of amides is 2. The van der Waals surface area contributed by atoms with Crippen molar-refractivity contribution in [3.8, 4) is 5.75 Å². The second-order valence-corrected chi connectivity index (χ2v) is 9.45. The first-order valence-electron chi connectivity index (χ1n) is 9.50. The molecule has 2 amide bonds. The van der Waals surface area contributed by atoms with Crippen LogP contribution in [0.3, 0.4) is 0 Å². The van der Waals surface area contributed by atoms with Crippen LogP contribution in [0.2, 0.25) is 5.02 Å². The quantitative estimate of drug-likeness (QED) is 0.743. The van der Waals surface area contributed by atoms with E-state index in [2.05, 4.69) is 18.7 Å². The molecule has 3 rings (SSSR count). The standard InChI is InChI=1S/C20H27ClN2O3S/c1-15(2)13-18(24)23-11-12-27-20(23)7-9-22(10-8-20)19(25)14-26-17-5-3-16(21)4-6-17/h3-6,15H,7-14H2,1-2H3. The minimum Gasteiger partial charge on any atom is -0.484 e. The Morgan fingerprint density at radius 2 is 1.81 bits per heavy atom. The lowest BCUT2D eigenvalue weighted by Crippen LogP contribution is -2.54. The lowest BCUT2D eigenvalue weighted by atomic mass is 10.0. The summed E-state index contributed by atoms with van der Waals surface area (Å²) in [6.07, 6.45) is 2.25. The van der Waals surface area contributed by atoms with Crippen LogP contribution in [0.4, 0.5) is 0 Å². The van der Waals surface area contributed by atoms with Crippen molar-refractivity contribution >= 4 is 35.2 Å². The van der Waals surface area contributed by atoms with E-state index in [-0.39, 0.29) is 23.3 Å². The Balaban J connectivity index is 1.52. The fourth-order valence-electron chi connectivity index (χ4n) is 3.71. The summed E-state index contributed by atoms with van der Waals surface area (Å²) in [6.45, 7) is 6.34. The molecule has 2 heterocycles. The fourth-order valence-corrected chi connectivity index (χ4v) is 5.31. The van der Waals surface area contributed by atoms with E-state index in [1.54, 1.807) is 24.3 Å². The Morgan fingerprint density at radius 1 is 1.15 bits per heavy atom. The lowest BCUT2D eigenvalue weighted by molar-refractivity contribution is -0.138. The van der Waals surface area contributed by atoms with Gasteiger partial charge in [-0.2, -0.15) is 0 Å². The number of hydrogen-bond donors (Lipinski definition) is 0. The summed E-state index contributed by atoms with van der Waals surface area (Å²) in [7, 11) is 0. The predicted octanol–water partition coefficient (Wildman–Crippen LogP) is 3.66. The molecule has 2 aliphatic heterocycles. The van der Waals surface area contributed by atoms with Gasteiger partial charge in [0.15, 0.2) is 6.61 Å². The molecule has 0 atom stereocenters. The van der Waals surface area contributed by atoms with E-state index in [1.165, 1.54) is 0 Å². The molecule has 5 nitrogen and oxygen atoms in total. The molecular weight excluding hydrogens is 384 g/mol. The number of carbonyl (C=O) groups is 2.